The molecule has 0 saturated heterocycles. The van der Waals surface area contributed by atoms with Crippen molar-refractivity contribution in [2.75, 3.05) is 0 Å². The zero-order chi connectivity index (χ0) is 15.5. The monoisotopic (exact) mass is 353 g/mol. The highest BCUT2D eigenvalue weighted by atomic mass is 79.9. The van der Waals surface area contributed by atoms with Crippen LogP contribution >= 0.6 is 15.9 Å². The Morgan fingerprint density at radius 3 is 2.76 bits per heavy atom. The van der Waals surface area contributed by atoms with Crippen molar-refractivity contribution in [1.29, 1.82) is 0 Å². The molecule has 2 aromatic rings. The lowest BCUT2D eigenvalue weighted by Crippen LogP contribution is -2.43. The average Bonchev–Trinajstić information content (AvgIpc) is 2.89. The number of halogens is 2. The standard InChI is InChI=1S/C16H21BrFN3/c1-16(2,3)15(10-21-7-6-19-11-21)20-9-12-8-13(18)4-5-14(12)17/h4-8,11,15,20H,9-10H2,1-3H3. The number of imidazole rings is 1. The Kier molecular flexibility index (Phi) is 5.17. The number of rotatable bonds is 5. The van der Waals surface area contributed by atoms with Crippen LogP contribution in [0.3, 0.4) is 0 Å². The van der Waals surface area contributed by atoms with Gasteiger partial charge in [-0.1, -0.05) is 36.7 Å². The van der Waals surface area contributed by atoms with Gasteiger partial charge in [0.25, 0.3) is 0 Å². The van der Waals surface area contributed by atoms with E-state index in [0.717, 1.165) is 16.6 Å². The molecule has 0 aliphatic heterocycles. The number of benzene rings is 1. The van der Waals surface area contributed by atoms with E-state index in [9.17, 15) is 4.39 Å². The van der Waals surface area contributed by atoms with Crippen LogP contribution in [0, 0.1) is 11.2 Å². The molecule has 0 saturated carbocycles. The van der Waals surface area contributed by atoms with E-state index in [4.69, 9.17) is 0 Å². The summed E-state index contributed by atoms with van der Waals surface area (Å²) in [6.07, 6.45) is 5.56. The van der Waals surface area contributed by atoms with Gasteiger partial charge in [-0.05, 0) is 29.2 Å². The van der Waals surface area contributed by atoms with E-state index in [1.54, 1.807) is 18.3 Å². The Morgan fingerprint density at radius 1 is 1.38 bits per heavy atom. The van der Waals surface area contributed by atoms with E-state index >= 15 is 0 Å². The van der Waals surface area contributed by atoms with E-state index in [1.165, 1.54) is 6.07 Å². The lowest BCUT2D eigenvalue weighted by Gasteiger charge is -2.32. The molecule has 114 valence electrons. The lowest BCUT2D eigenvalue weighted by molar-refractivity contribution is 0.240. The maximum absolute atomic E-state index is 13.3. The molecule has 1 atom stereocenters. The second kappa shape index (κ2) is 6.71. The van der Waals surface area contributed by atoms with Gasteiger partial charge in [-0.2, -0.15) is 0 Å². The Balaban J connectivity index is 2.07. The average molecular weight is 354 g/mol. The quantitative estimate of drug-likeness (QED) is 0.880. The zero-order valence-electron chi connectivity index (χ0n) is 12.6. The molecule has 1 unspecified atom stereocenters. The minimum Gasteiger partial charge on any atom is -0.336 e. The molecular weight excluding hydrogens is 333 g/mol. The van der Waals surface area contributed by atoms with E-state index in [-0.39, 0.29) is 17.3 Å². The Labute approximate surface area is 133 Å². The van der Waals surface area contributed by atoms with Crippen molar-refractivity contribution in [1.82, 2.24) is 14.9 Å². The molecule has 1 aromatic heterocycles. The van der Waals surface area contributed by atoms with Gasteiger partial charge < -0.3 is 9.88 Å². The van der Waals surface area contributed by atoms with Crippen LogP contribution in [0.25, 0.3) is 0 Å². The first kappa shape index (κ1) is 16.2. The number of aromatic nitrogens is 2. The van der Waals surface area contributed by atoms with Crippen LogP contribution < -0.4 is 5.32 Å². The van der Waals surface area contributed by atoms with Gasteiger partial charge in [-0.25, -0.2) is 9.37 Å². The highest BCUT2D eigenvalue weighted by molar-refractivity contribution is 9.10. The van der Waals surface area contributed by atoms with Crippen LogP contribution in [0.15, 0.2) is 41.4 Å². The van der Waals surface area contributed by atoms with Crippen LogP contribution in [0.2, 0.25) is 0 Å². The van der Waals surface area contributed by atoms with Gasteiger partial charge in [0.2, 0.25) is 0 Å². The first-order chi connectivity index (χ1) is 9.86. The molecule has 0 bridgehead atoms. The minimum atomic E-state index is -0.211. The summed E-state index contributed by atoms with van der Waals surface area (Å²) in [7, 11) is 0. The highest BCUT2D eigenvalue weighted by Gasteiger charge is 2.24. The molecule has 0 radical (unpaired) electrons. The van der Waals surface area contributed by atoms with Gasteiger partial charge in [-0.15, -0.1) is 0 Å². The van der Waals surface area contributed by atoms with Gasteiger partial charge in [0.15, 0.2) is 0 Å². The third kappa shape index (κ3) is 4.64. The maximum Gasteiger partial charge on any atom is 0.123 e. The molecule has 1 aromatic carbocycles. The van der Waals surface area contributed by atoms with Crippen molar-refractivity contribution in [3.8, 4) is 0 Å². The molecule has 21 heavy (non-hydrogen) atoms. The minimum absolute atomic E-state index is 0.0874. The molecule has 3 nitrogen and oxygen atoms in total. The molecule has 0 spiro atoms. The fraction of sp³-hybridized carbons (Fsp3) is 0.438. The molecule has 1 heterocycles. The van der Waals surface area contributed by atoms with Gasteiger partial charge in [0.1, 0.15) is 5.82 Å². The van der Waals surface area contributed by atoms with Crippen molar-refractivity contribution in [3.63, 3.8) is 0 Å². The Morgan fingerprint density at radius 2 is 2.14 bits per heavy atom. The first-order valence-electron chi connectivity index (χ1n) is 6.99. The fourth-order valence-corrected chi connectivity index (χ4v) is 2.55. The summed E-state index contributed by atoms with van der Waals surface area (Å²) in [6, 6.07) is 5.02. The highest BCUT2D eigenvalue weighted by Crippen LogP contribution is 2.23. The largest absolute Gasteiger partial charge is 0.336 e. The zero-order valence-corrected chi connectivity index (χ0v) is 14.2. The maximum atomic E-state index is 13.3. The summed E-state index contributed by atoms with van der Waals surface area (Å²) in [5.74, 6) is -0.211. The molecule has 0 fully saturated rings. The molecule has 0 aliphatic rings. The van der Waals surface area contributed by atoms with Crippen LogP contribution in [0.1, 0.15) is 26.3 Å². The summed E-state index contributed by atoms with van der Waals surface area (Å²) in [4.78, 5) is 4.08. The number of nitrogens with one attached hydrogen (secondary N) is 1. The topological polar surface area (TPSA) is 29.9 Å². The van der Waals surface area contributed by atoms with E-state index in [1.807, 2.05) is 12.5 Å². The summed E-state index contributed by atoms with van der Waals surface area (Å²) >= 11 is 3.47. The fourth-order valence-electron chi connectivity index (χ4n) is 2.16. The normalized spacial score (nSPS) is 13.4. The molecule has 5 heteroatoms. The van der Waals surface area contributed by atoms with Crippen molar-refractivity contribution < 1.29 is 4.39 Å². The van der Waals surface area contributed by atoms with E-state index in [2.05, 4.69) is 51.6 Å². The Bertz CT molecular complexity index is 576. The third-order valence-corrected chi connectivity index (χ3v) is 4.32. The molecule has 2 rings (SSSR count). The number of hydrogen-bond acceptors (Lipinski definition) is 2. The van der Waals surface area contributed by atoms with Gasteiger partial charge in [-0.3, -0.25) is 0 Å². The van der Waals surface area contributed by atoms with Crippen molar-refractivity contribution in [3.05, 3.63) is 52.8 Å². The SMILES string of the molecule is CC(C)(C)C(Cn1ccnc1)NCc1cc(F)ccc1Br. The van der Waals surface area contributed by atoms with Crippen molar-refractivity contribution in [2.24, 2.45) is 5.41 Å². The summed E-state index contributed by atoms with van der Waals surface area (Å²) in [5, 5.41) is 3.54. The number of nitrogens with zero attached hydrogens (tertiary/aromatic N) is 2. The van der Waals surface area contributed by atoms with Crippen LogP contribution in [0.5, 0.6) is 0 Å². The Hall–Kier alpha value is -1.20. The van der Waals surface area contributed by atoms with Crippen molar-refractivity contribution >= 4 is 15.9 Å². The van der Waals surface area contributed by atoms with Crippen LogP contribution in [-0.4, -0.2) is 15.6 Å². The third-order valence-electron chi connectivity index (χ3n) is 3.54. The smallest absolute Gasteiger partial charge is 0.123 e. The van der Waals surface area contributed by atoms with Crippen molar-refractivity contribution in [2.45, 2.75) is 39.9 Å². The number of hydrogen-bond donors (Lipinski definition) is 1. The van der Waals surface area contributed by atoms with E-state index < -0.39 is 0 Å². The molecule has 0 aliphatic carbocycles. The summed E-state index contributed by atoms with van der Waals surface area (Å²) in [5.41, 5.74) is 1.01. The molecular formula is C16H21BrFN3. The van der Waals surface area contributed by atoms with E-state index in [0.29, 0.717) is 6.54 Å². The second-order valence-electron chi connectivity index (χ2n) is 6.29. The molecule has 0 amide bonds. The van der Waals surface area contributed by atoms with Crippen LogP contribution in [0.4, 0.5) is 4.39 Å². The van der Waals surface area contributed by atoms with Gasteiger partial charge in [0.05, 0.1) is 6.33 Å². The predicted molar refractivity (Wildman–Crippen MR) is 86.4 cm³/mol. The van der Waals surface area contributed by atoms with Gasteiger partial charge in [0, 0.05) is 36.0 Å². The summed E-state index contributed by atoms with van der Waals surface area (Å²) < 4.78 is 16.3. The first-order valence-corrected chi connectivity index (χ1v) is 7.78. The summed E-state index contributed by atoms with van der Waals surface area (Å²) in [6.45, 7) is 8.04. The molecule has 1 N–H and O–H groups in total. The predicted octanol–water partition coefficient (Wildman–Crippen LogP) is 3.99. The lowest BCUT2D eigenvalue weighted by atomic mass is 9.86. The van der Waals surface area contributed by atoms with Gasteiger partial charge >= 0.3 is 0 Å². The second-order valence-corrected chi connectivity index (χ2v) is 7.15. The van der Waals surface area contributed by atoms with Crippen LogP contribution in [-0.2, 0) is 13.1 Å².